The van der Waals surface area contributed by atoms with Crippen molar-refractivity contribution in [3.05, 3.63) is 52.9 Å². The van der Waals surface area contributed by atoms with E-state index in [1.165, 1.54) is 11.1 Å². The predicted octanol–water partition coefficient (Wildman–Crippen LogP) is 2.07. The zero-order valence-corrected chi connectivity index (χ0v) is 10.2. The van der Waals surface area contributed by atoms with Gasteiger partial charge in [0.1, 0.15) is 6.26 Å². The molecule has 2 heterocycles. The van der Waals surface area contributed by atoms with E-state index >= 15 is 0 Å². The largest absolute Gasteiger partial charge is 0.364 e. The first kappa shape index (κ1) is 11.0. The Morgan fingerprint density at radius 1 is 1.33 bits per heavy atom. The fraction of sp³-hybridized carbons (Fsp3) is 0.286. The molecule has 1 aromatic carbocycles. The quantitative estimate of drug-likeness (QED) is 0.809. The van der Waals surface area contributed by atoms with E-state index in [0.717, 1.165) is 11.3 Å². The molecule has 4 nitrogen and oxygen atoms in total. The van der Waals surface area contributed by atoms with Crippen molar-refractivity contribution < 1.29 is 9.32 Å². The molecule has 2 aromatic rings. The van der Waals surface area contributed by atoms with Gasteiger partial charge in [0.15, 0.2) is 0 Å². The second-order valence-electron chi connectivity index (χ2n) is 4.62. The minimum Gasteiger partial charge on any atom is -0.364 e. The molecule has 0 spiro atoms. The Bertz CT molecular complexity index is 564. The summed E-state index contributed by atoms with van der Waals surface area (Å²) < 4.78 is 4.85. The van der Waals surface area contributed by atoms with Crippen LogP contribution in [0.1, 0.15) is 22.4 Å². The van der Waals surface area contributed by atoms with E-state index in [4.69, 9.17) is 4.52 Å². The highest BCUT2D eigenvalue weighted by molar-refractivity contribution is 5.79. The maximum absolute atomic E-state index is 12.2. The summed E-state index contributed by atoms with van der Waals surface area (Å²) in [6.45, 7) is 3.27. The molecule has 0 aliphatic carbocycles. The van der Waals surface area contributed by atoms with Crippen LogP contribution in [0.15, 0.2) is 35.1 Å². The van der Waals surface area contributed by atoms with Gasteiger partial charge in [-0.15, -0.1) is 0 Å². The van der Waals surface area contributed by atoms with Crippen molar-refractivity contribution in [3.63, 3.8) is 0 Å². The third-order valence-corrected chi connectivity index (χ3v) is 3.38. The average molecular weight is 242 g/mol. The van der Waals surface area contributed by atoms with Gasteiger partial charge in [0.2, 0.25) is 5.91 Å². The van der Waals surface area contributed by atoms with Crippen molar-refractivity contribution in [2.24, 2.45) is 0 Å². The van der Waals surface area contributed by atoms with Gasteiger partial charge in [0, 0.05) is 18.7 Å². The molecule has 1 amide bonds. The van der Waals surface area contributed by atoms with Gasteiger partial charge in [-0.3, -0.25) is 4.79 Å². The number of aromatic nitrogens is 1. The Balaban J connectivity index is 1.71. The monoisotopic (exact) mass is 242 g/mol. The lowest BCUT2D eigenvalue weighted by Gasteiger charge is -2.14. The van der Waals surface area contributed by atoms with Crippen molar-refractivity contribution >= 4 is 5.91 Å². The van der Waals surface area contributed by atoms with Crippen LogP contribution in [-0.2, 0) is 24.3 Å². The smallest absolute Gasteiger partial charge is 0.227 e. The van der Waals surface area contributed by atoms with Crippen molar-refractivity contribution in [1.82, 2.24) is 10.1 Å². The second-order valence-corrected chi connectivity index (χ2v) is 4.62. The molecular formula is C14H14N2O2. The van der Waals surface area contributed by atoms with Crippen molar-refractivity contribution in [2.45, 2.75) is 26.4 Å². The number of fused-ring (bicyclic) bond motifs is 1. The van der Waals surface area contributed by atoms with E-state index in [0.29, 0.717) is 19.5 Å². The first-order chi connectivity index (χ1) is 8.74. The summed E-state index contributed by atoms with van der Waals surface area (Å²) in [7, 11) is 0. The standard InChI is InChI=1S/C14H14N2O2/c1-10-13(9-18-15-10)6-14(17)16-7-11-4-2-3-5-12(11)8-16/h2-5,9H,6-8H2,1H3. The highest BCUT2D eigenvalue weighted by atomic mass is 16.5. The molecule has 0 atom stereocenters. The summed E-state index contributed by atoms with van der Waals surface area (Å²) in [5.74, 6) is 0.123. The molecule has 0 fully saturated rings. The number of rotatable bonds is 2. The molecule has 1 aliphatic rings. The van der Waals surface area contributed by atoms with E-state index in [-0.39, 0.29) is 5.91 Å². The molecule has 0 saturated heterocycles. The fourth-order valence-electron chi connectivity index (χ4n) is 2.27. The minimum atomic E-state index is 0.123. The Hall–Kier alpha value is -2.10. The molecule has 18 heavy (non-hydrogen) atoms. The lowest BCUT2D eigenvalue weighted by molar-refractivity contribution is -0.131. The summed E-state index contributed by atoms with van der Waals surface area (Å²) in [5.41, 5.74) is 4.15. The van der Waals surface area contributed by atoms with Crippen molar-refractivity contribution in [1.29, 1.82) is 0 Å². The summed E-state index contributed by atoms with van der Waals surface area (Å²) in [5, 5.41) is 3.79. The maximum Gasteiger partial charge on any atom is 0.227 e. The molecule has 0 radical (unpaired) electrons. The maximum atomic E-state index is 12.2. The van der Waals surface area contributed by atoms with Crippen LogP contribution >= 0.6 is 0 Å². The van der Waals surface area contributed by atoms with Gasteiger partial charge in [-0.2, -0.15) is 0 Å². The zero-order valence-electron chi connectivity index (χ0n) is 10.2. The molecule has 1 aliphatic heterocycles. The lowest BCUT2D eigenvalue weighted by Crippen LogP contribution is -2.26. The van der Waals surface area contributed by atoms with Gasteiger partial charge in [-0.1, -0.05) is 29.4 Å². The third kappa shape index (κ3) is 1.90. The van der Waals surface area contributed by atoms with E-state index in [1.807, 2.05) is 24.0 Å². The third-order valence-electron chi connectivity index (χ3n) is 3.38. The van der Waals surface area contributed by atoms with Crippen LogP contribution < -0.4 is 0 Å². The van der Waals surface area contributed by atoms with Crippen LogP contribution in [0.5, 0.6) is 0 Å². The number of aryl methyl sites for hydroxylation is 1. The van der Waals surface area contributed by atoms with Crippen molar-refractivity contribution in [2.75, 3.05) is 0 Å². The number of amides is 1. The fourth-order valence-corrected chi connectivity index (χ4v) is 2.27. The molecule has 4 heteroatoms. The summed E-state index contributed by atoms with van der Waals surface area (Å²) in [6.07, 6.45) is 1.92. The highest BCUT2D eigenvalue weighted by Crippen LogP contribution is 2.23. The summed E-state index contributed by atoms with van der Waals surface area (Å²) in [6, 6.07) is 8.18. The van der Waals surface area contributed by atoms with Gasteiger partial charge in [-0.25, -0.2) is 0 Å². The van der Waals surface area contributed by atoms with Crippen LogP contribution in [-0.4, -0.2) is 16.0 Å². The molecule has 0 unspecified atom stereocenters. The number of benzene rings is 1. The summed E-state index contributed by atoms with van der Waals surface area (Å²) in [4.78, 5) is 14.1. The van der Waals surface area contributed by atoms with E-state index in [2.05, 4.69) is 17.3 Å². The van der Waals surface area contributed by atoms with Crippen LogP contribution in [0.2, 0.25) is 0 Å². The number of nitrogens with zero attached hydrogens (tertiary/aromatic N) is 2. The lowest BCUT2D eigenvalue weighted by atomic mass is 10.1. The topological polar surface area (TPSA) is 46.3 Å². The normalized spacial score (nSPS) is 13.7. The number of carbonyl (C=O) groups is 1. The molecule has 92 valence electrons. The van der Waals surface area contributed by atoms with Crippen LogP contribution in [0.3, 0.4) is 0 Å². The zero-order chi connectivity index (χ0) is 12.5. The number of carbonyl (C=O) groups excluding carboxylic acids is 1. The van der Waals surface area contributed by atoms with Gasteiger partial charge < -0.3 is 9.42 Å². The average Bonchev–Trinajstić information content (AvgIpc) is 2.96. The van der Waals surface area contributed by atoms with Gasteiger partial charge in [-0.05, 0) is 18.1 Å². The molecular weight excluding hydrogens is 228 g/mol. The van der Waals surface area contributed by atoms with Crippen LogP contribution in [0, 0.1) is 6.92 Å². The SMILES string of the molecule is Cc1nocc1CC(=O)N1Cc2ccccc2C1. The van der Waals surface area contributed by atoms with E-state index in [9.17, 15) is 4.79 Å². The number of hydrogen-bond acceptors (Lipinski definition) is 3. The minimum absolute atomic E-state index is 0.123. The van der Waals surface area contributed by atoms with Crippen LogP contribution in [0.4, 0.5) is 0 Å². The molecule has 0 N–H and O–H groups in total. The Morgan fingerprint density at radius 2 is 2.00 bits per heavy atom. The van der Waals surface area contributed by atoms with Gasteiger partial charge in [0.25, 0.3) is 0 Å². The summed E-state index contributed by atoms with van der Waals surface area (Å²) >= 11 is 0. The predicted molar refractivity (Wildman–Crippen MR) is 65.6 cm³/mol. The Labute approximate surface area is 105 Å². The highest BCUT2D eigenvalue weighted by Gasteiger charge is 2.23. The van der Waals surface area contributed by atoms with E-state index in [1.54, 1.807) is 6.26 Å². The Morgan fingerprint density at radius 3 is 2.56 bits per heavy atom. The molecule has 3 rings (SSSR count). The first-order valence-corrected chi connectivity index (χ1v) is 5.98. The molecule has 1 aromatic heterocycles. The van der Waals surface area contributed by atoms with Crippen molar-refractivity contribution in [3.8, 4) is 0 Å². The molecule has 0 saturated carbocycles. The Kier molecular flexibility index (Phi) is 2.63. The second kappa shape index (κ2) is 4.29. The molecule has 0 bridgehead atoms. The first-order valence-electron chi connectivity index (χ1n) is 5.98. The van der Waals surface area contributed by atoms with Gasteiger partial charge >= 0.3 is 0 Å². The number of hydrogen-bond donors (Lipinski definition) is 0. The van der Waals surface area contributed by atoms with Gasteiger partial charge in [0.05, 0.1) is 12.1 Å². The van der Waals surface area contributed by atoms with Crippen LogP contribution in [0.25, 0.3) is 0 Å². The van der Waals surface area contributed by atoms with E-state index < -0.39 is 0 Å².